The fourth-order valence-corrected chi connectivity index (χ4v) is 1.95. The van der Waals surface area contributed by atoms with Crippen molar-refractivity contribution in [1.82, 2.24) is 20.3 Å². The van der Waals surface area contributed by atoms with E-state index in [1.807, 2.05) is 18.2 Å². The molecule has 0 atom stereocenters. The molecule has 0 aliphatic heterocycles. The highest BCUT2D eigenvalue weighted by Gasteiger charge is 2.11. The van der Waals surface area contributed by atoms with E-state index < -0.39 is 0 Å². The number of nitrogens with one attached hydrogen (secondary N) is 1. The van der Waals surface area contributed by atoms with Gasteiger partial charge >= 0.3 is 0 Å². The number of aromatic amines is 1. The number of H-pyrrole nitrogens is 1. The number of nitrogens with zero attached hydrogens (tertiary/aromatic N) is 3. The Labute approximate surface area is 108 Å². The van der Waals surface area contributed by atoms with Crippen molar-refractivity contribution in [2.24, 2.45) is 0 Å². The first-order chi connectivity index (χ1) is 8.81. The van der Waals surface area contributed by atoms with Gasteiger partial charge in [-0.25, -0.2) is 0 Å². The van der Waals surface area contributed by atoms with Crippen molar-refractivity contribution in [2.75, 3.05) is 13.6 Å². The van der Waals surface area contributed by atoms with E-state index in [-0.39, 0.29) is 0 Å². The molecule has 0 amide bonds. The van der Waals surface area contributed by atoms with E-state index in [4.69, 9.17) is 0 Å². The number of benzene rings is 1. The summed E-state index contributed by atoms with van der Waals surface area (Å²) in [4.78, 5) is 2.29. The van der Waals surface area contributed by atoms with Gasteiger partial charge in [-0.05, 0) is 20.0 Å². The molecule has 0 unspecified atom stereocenters. The van der Waals surface area contributed by atoms with Gasteiger partial charge in [0.1, 0.15) is 11.4 Å². The molecule has 96 valence electrons. The van der Waals surface area contributed by atoms with E-state index in [2.05, 4.69) is 46.4 Å². The summed E-state index contributed by atoms with van der Waals surface area (Å²) < 4.78 is 0. The van der Waals surface area contributed by atoms with Crippen LogP contribution in [0.15, 0.2) is 30.3 Å². The monoisotopic (exact) mass is 244 g/mol. The summed E-state index contributed by atoms with van der Waals surface area (Å²) in [5.41, 5.74) is 3.09. The molecule has 0 bridgehead atoms. The van der Waals surface area contributed by atoms with E-state index in [0.717, 1.165) is 30.0 Å². The van der Waals surface area contributed by atoms with Crippen LogP contribution in [-0.2, 0) is 6.54 Å². The number of aromatic nitrogens is 3. The molecular formula is C14H20N4. The minimum Gasteiger partial charge on any atom is -0.300 e. The summed E-state index contributed by atoms with van der Waals surface area (Å²) in [5.74, 6) is 0. The average Bonchev–Trinajstić information content (AvgIpc) is 2.85. The number of unbranched alkanes of at least 4 members (excludes halogenated alkanes) is 1. The van der Waals surface area contributed by atoms with Crippen LogP contribution in [0.4, 0.5) is 0 Å². The molecule has 0 aliphatic carbocycles. The normalized spacial score (nSPS) is 11.1. The highest BCUT2D eigenvalue weighted by molar-refractivity contribution is 5.60. The van der Waals surface area contributed by atoms with Crippen LogP contribution in [-0.4, -0.2) is 33.9 Å². The zero-order chi connectivity index (χ0) is 12.8. The van der Waals surface area contributed by atoms with Gasteiger partial charge in [-0.15, -0.1) is 0 Å². The summed E-state index contributed by atoms with van der Waals surface area (Å²) in [6.45, 7) is 4.14. The van der Waals surface area contributed by atoms with E-state index in [1.54, 1.807) is 0 Å². The quantitative estimate of drug-likeness (QED) is 0.849. The van der Waals surface area contributed by atoms with Crippen LogP contribution in [0.3, 0.4) is 0 Å². The van der Waals surface area contributed by atoms with Crippen molar-refractivity contribution in [3.8, 4) is 11.3 Å². The van der Waals surface area contributed by atoms with Gasteiger partial charge in [0.25, 0.3) is 0 Å². The van der Waals surface area contributed by atoms with E-state index in [0.29, 0.717) is 0 Å². The van der Waals surface area contributed by atoms with Gasteiger partial charge in [-0.3, -0.25) is 0 Å². The third-order valence-corrected chi connectivity index (χ3v) is 2.98. The highest BCUT2D eigenvalue weighted by atomic mass is 15.3. The van der Waals surface area contributed by atoms with Gasteiger partial charge in [-0.1, -0.05) is 43.7 Å². The Balaban J connectivity index is 2.09. The summed E-state index contributed by atoms with van der Waals surface area (Å²) in [5, 5.41) is 11.3. The molecule has 0 spiro atoms. The standard InChI is InChI=1S/C14H20N4/c1-3-4-10-18(2)11-13-14(16-17-15-13)12-8-6-5-7-9-12/h5-9H,3-4,10-11H2,1-2H3,(H,15,16,17). The first-order valence-electron chi connectivity index (χ1n) is 6.45. The Morgan fingerprint density at radius 3 is 2.67 bits per heavy atom. The zero-order valence-electron chi connectivity index (χ0n) is 11.1. The maximum absolute atomic E-state index is 4.26. The molecule has 18 heavy (non-hydrogen) atoms. The van der Waals surface area contributed by atoms with Crippen LogP contribution in [0.25, 0.3) is 11.3 Å². The summed E-state index contributed by atoms with van der Waals surface area (Å²) in [6, 6.07) is 10.2. The lowest BCUT2D eigenvalue weighted by molar-refractivity contribution is 0.317. The smallest absolute Gasteiger partial charge is 0.117 e. The Bertz CT molecular complexity index is 464. The first kappa shape index (κ1) is 12.8. The minimum absolute atomic E-state index is 0.834. The molecule has 4 heteroatoms. The maximum Gasteiger partial charge on any atom is 0.117 e. The van der Waals surface area contributed by atoms with E-state index in [9.17, 15) is 0 Å². The van der Waals surface area contributed by atoms with Gasteiger partial charge < -0.3 is 4.90 Å². The second-order valence-electron chi connectivity index (χ2n) is 4.58. The van der Waals surface area contributed by atoms with Crippen molar-refractivity contribution in [1.29, 1.82) is 0 Å². The van der Waals surface area contributed by atoms with Crippen LogP contribution < -0.4 is 0 Å². The molecule has 2 aromatic rings. The molecule has 1 N–H and O–H groups in total. The molecule has 2 rings (SSSR count). The molecule has 1 aromatic heterocycles. The molecule has 0 saturated heterocycles. The van der Waals surface area contributed by atoms with E-state index in [1.165, 1.54) is 12.8 Å². The molecular weight excluding hydrogens is 224 g/mol. The van der Waals surface area contributed by atoms with Gasteiger partial charge in [0.2, 0.25) is 0 Å². The second kappa shape index (κ2) is 6.31. The lowest BCUT2D eigenvalue weighted by Crippen LogP contribution is -2.19. The predicted octanol–water partition coefficient (Wildman–Crippen LogP) is 2.70. The summed E-state index contributed by atoms with van der Waals surface area (Å²) in [7, 11) is 2.12. The largest absolute Gasteiger partial charge is 0.300 e. The molecule has 0 fully saturated rings. The average molecular weight is 244 g/mol. The minimum atomic E-state index is 0.834. The molecule has 0 aliphatic rings. The van der Waals surface area contributed by atoms with Crippen molar-refractivity contribution in [3.63, 3.8) is 0 Å². The van der Waals surface area contributed by atoms with Crippen LogP contribution in [0.5, 0.6) is 0 Å². The summed E-state index contributed by atoms with van der Waals surface area (Å²) in [6.07, 6.45) is 2.43. The number of rotatable bonds is 6. The Kier molecular flexibility index (Phi) is 4.47. The summed E-state index contributed by atoms with van der Waals surface area (Å²) >= 11 is 0. The Hall–Kier alpha value is -1.68. The molecule has 0 saturated carbocycles. The van der Waals surface area contributed by atoms with Crippen LogP contribution in [0.1, 0.15) is 25.5 Å². The molecule has 1 aromatic carbocycles. The van der Waals surface area contributed by atoms with Crippen LogP contribution >= 0.6 is 0 Å². The topological polar surface area (TPSA) is 44.8 Å². The van der Waals surface area contributed by atoms with Crippen LogP contribution in [0, 0.1) is 0 Å². The Morgan fingerprint density at radius 1 is 1.17 bits per heavy atom. The van der Waals surface area contributed by atoms with Crippen molar-refractivity contribution < 1.29 is 0 Å². The Morgan fingerprint density at radius 2 is 1.94 bits per heavy atom. The second-order valence-corrected chi connectivity index (χ2v) is 4.58. The van der Waals surface area contributed by atoms with Gasteiger partial charge in [0.05, 0.1) is 0 Å². The highest BCUT2D eigenvalue weighted by Crippen LogP contribution is 2.19. The zero-order valence-corrected chi connectivity index (χ0v) is 11.1. The van der Waals surface area contributed by atoms with Crippen molar-refractivity contribution >= 4 is 0 Å². The van der Waals surface area contributed by atoms with Gasteiger partial charge in [0.15, 0.2) is 0 Å². The van der Waals surface area contributed by atoms with E-state index >= 15 is 0 Å². The fourth-order valence-electron chi connectivity index (χ4n) is 1.95. The van der Waals surface area contributed by atoms with Crippen molar-refractivity contribution in [3.05, 3.63) is 36.0 Å². The van der Waals surface area contributed by atoms with Gasteiger partial charge in [-0.2, -0.15) is 15.4 Å². The SMILES string of the molecule is CCCCN(C)Cc1n[nH]nc1-c1ccccc1. The number of hydrogen-bond donors (Lipinski definition) is 1. The van der Waals surface area contributed by atoms with Crippen molar-refractivity contribution in [2.45, 2.75) is 26.3 Å². The lowest BCUT2D eigenvalue weighted by atomic mass is 10.1. The van der Waals surface area contributed by atoms with Crippen LogP contribution in [0.2, 0.25) is 0 Å². The fraction of sp³-hybridized carbons (Fsp3) is 0.429. The molecule has 1 heterocycles. The lowest BCUT2D eigenvalue weighted by Gasteiger charge is -2.14. The first-order valence-corrected chi connectivity index (χ1v) is 6.45. The molecule has 4 nitrogen and oxygen atoms in total. The maximum atomic E-state index is 4.26. The third kappa shape index (κ3) is 3.17. The number of hydrogen-bond acceptors (Lipinski definition) is 3. The predicted molar refractivity (Wildman–Crippen MR) is 73.1 cm³/mol. The van der Waals surface area contributed by atoms with Gasteiger partial charge in [0, 0.05) is 12.1 Å². The molecule has 0 radical (unpaired) electrons. The third-order valence-electron chi connectivity index (χ3n) is 2.98.